The van der Waals surface area contributed by atoms with Gasteiger partial charge in [-0.05, 0) is 0 Å². The number of hydrogen-bond acceptors (Lipinski definition) is 2. The fourth-order valence-electron chi connectivity index (χ4n) is 0. The molecule has 1 radical (unpaired) electrons. The van der Waals surface area contributed by atoms with Crippen LogP contribution in [0.15, 0.2) is 0 Å². The van der Waals surface area contributed by atoms with Gasteiger partial charge in [-0.1, -0.05) is 0 Å². The maximum Gasteiger partial charge on any atom is 0.316 e. The summed E-state index contributed by atoms with van der Waals surface area (Å²) in [4.78, 5) is 8.36. The Labute approximate surface area is 75.4 Å². The summed E-state index contributed by atoms with van der Waals surface area (Å²) < 4.78 is 0. The van der Waals surface area contributed by atoms with Crippen molar-refractivity contribution in [1.82, 2.24) is 0 Å². The van der Waals surface area contributed by atoms with Gasteiger partial charge in [0, 0.05) is 32.7 Å². The summed E-state index contributed by atoms with van der Waals surface area (Å²) in [7, 11) is 0. The first-order chi connectivity index (χ1) is 1.73. The van der Waals surface area contributed by atoms with Gasteiger partial charge in [0.15, 0.2) is 0 Å². The number of rotatable bonds is 0. The fraction of sp³-hybridized carbons (Fsp3) is 0. The predicted molar refractivity (Wildman–Crippen MR) is 17.3 cm³/mol. The molecule has 0 heterocycles. The zero-order valence-corrected chi connectivity index (χ0v) is 5.13. The molecule has 6 heteroatoms. The van der Waals surface area contributed by atoms with E-state index in [1.807, 2.05) is 0 Å². The van der Waals surface area contributed by atoms with E-state index in [4.69, 9.17) is 15.3 Å². The summed E-state index contributed by atoms with van der Waals surface area (Å²) in [5, 5.41) is 13.6. The van der Waals surface area contributed by atoms with Gasteiger partial charge < -0.3 is 5.21 Å². The molecule has 0 unspecified atom stereocenters. The Morgan fingerprint density at radius 2 is 1.67 bits per heavy atom. The quantitative estimate of drug-likeness (QED) is 0.286. The third-order valence-corrected chi connectivity index (χ3v) is 0. The van der Waals surface area contributed by atoms with Crippen LogP contribution in [0, 0.1) is 10.1 Å². The monoisotopic (exact) mass is 178 g/mol. The average Bonchev–Trinajstić information content (AvgIpc) is 0.811. The van der Waals surface area contributed by atoms with Gasteiger partial charge in [-0.15, -0.1) is 10.1 Å². The average molecular weight is 178 g/mol. The van der Waals surface area contributed by atoms with Crippen LogP contribution >= 0.6 is 0 Å². The first kappa shape index (κ1) is 15.7. The summed E-state index contributed by atoms with van der Waals surface area (Å²) in [6, 6.07) is 0. The molecule has 0 bridgehead atoms. The van der Waals surface area contributed by atoms with E-state index in [2.05, 4.69) is 0 Å². The predicted octanol–water partition coefficient (Wildman–Crippen LogP) is -1.27. The van der Waals surface area contributed by atoms with Crippen LogP contribution in [0.2, 0.25) is 0 Å². The van der Waals surface area contributed by atoms with Crippen molar-refractivity contribution in [2.45, 2.75) is 0 Å². The van der Waals surface area contributed by atoms with Crippen molar-refractivity contribution in [3.63, 3.8) is 0 Å². The number of hydrogen-bond donors (Lipinski definition) is 1. The molecule has 0 rings (SSSR count). The van der Waals surface area contributed by atoms with Gasteiger partial charge in [0.05, 0.1) is 0 Å². The molecule has 0 atom stereocenters. The van der Waals surface area contributed by atoms with Crippen LogP contribution in [0.4, 0.5) is 0 Å². The zero-order valence-electron chi connectivity index (χ0n) is 2.29. The van der Waals surface area contributed by atoms with Crippen LogP contribution in [0.1, 0.15) is 0 Å². The zero-order chi connectivity index (χ0) is 3.58. The maximum absolute atomic E-state index is 8.36. The van der Waals surface area contributed by atoms with Gasteiger partial charge in [0.25, 0.3) is 5.09 Å². The minimum Gasteiger partial charge on any atom is -0.328 e. The van der Waals surface area contributed by atoms with Crippen LogP contribution in [-0.2, 0) is 32.7 Å². The molecule has 0 saturated carbocycles. The molecule has 0 aliphatic heterocycles. The molecule has 6 heavy (non-hydrogen) atoms. The molecule has 0 aromatic carbocycles. The van der Waals surface area contributed by atoms with Gasteiger partial charge in [-0.2, -0.15) is 0 Å². The first-order valence-electron chi connectivity index (χ1n) is 0.565. The largest absolute Gasteiger partial charge is 0.328 e. The SMILES string of the molecule is O=[N+]([O-])O.[MgH2].[Y]. The summed E-state index contributed by atoms with van der Waals surface area (Å²) in [5.74, 6) is 0. The van der Waals surface area contributed by atoms with E-state index in [0.717, 1.165) is 0 Å². The van der Waals surface area contributed by atoms with Crippen molar-refractivity contribution in [3.8, 4) is 0 Å². The summed E-state index contributed by atoms with van der Waals surface area (Å²) in [5.41, 5.74) is 0. The minimum absolute atomic E-state index is 0. The molecule has 31 valence electrons. The van der Waals surface area contributed by atoms with E-state index in [9.17, 15) is 0 Å². The molecular weight excluding hydrogens is 175 g/mol. The summed E-state index contributed by atoms with van der Waals surface area (Å²) in [6.45, 7) is 0. The maximum atomic E-state index is 8.36. The first-order valence-corrected chi connectivity index (χ1v) is 0.565. The van der Waals surface area contributed by atoms with Gasteiger partial charge in [0.2, 0.25) is 0 Å². The van der Waals surface area contributed by atoms with Gasteiger partial charge in [-0.3, -0.25) is 0 Å². The molecule has 0 amide bonds. The standard InChI is InChI=1S/Mg.HNO3.Y.2H/c;2-1(3)4;;;/h;(H,2,3,4);;;. The van der Waals surface area contributed by atoms with E-state index in [1.165, 1.54) is 0 Å². The van der Waals surface area contributed by atoms with Crippen LogP contribution in [0.25, 0.3) is 0 Å². The van der Waals surface area contributed by atoms with Crippen molar-refractivity contribution in [1.29, 1.82) is 0 Å². The molecule has 0 aromatic heterocycles. The number of nitrogens with zero attached hydrogens (tertiary/aromatic N) is 1. The molecule has 0 saturated heterocycles. The normalized spacial score (nSPS) is 4.00. The second-order valence-corrected chi connectivity index (χ2v) is 0.238. The van der Waals surface area contributed by atoms with Gasteiger partial charge in [0.1, 0.15) is 0 Å². The third-order valence-electron chi connectivity index (χ3n) is 0. The molecule has 0 aliphatic carbocycles. The smallest absolute Gasteiger partial charge is 0.316 e. The fourth-order valence-corrected chi connectivity index (χ4v) is 0. The van der Waals surface area contributed by atoms with E-state index < -0.39 is 5.09 Å². The Morgan fingerprint density at radius 1 is 1.67 bits per heavy atom. The molecule has 0 aliphatic rings. The van der Waals surface area contributed by atoms with E-state index in [1.54, 1.807) is 0 Å². The Balaban J connectivity index is -0.0000000450. The van der Waals surface area contributed by atoms with Gasteiger partial charge in [-0.25, -0.2) is 0 Å². The Bertz CT molecular complexity index is 33.8. The van der Waals surface area contributed by atoms with E-state index >= 15 is 0 Å². The second-order valence-electron chi connectivity index (χ2n) is 0.238. The van der Waals surface area contributed by atoms with E-state index in [-0.39, 0.29) is 55.8 Å². The molecule has 0 fully saturated rings. The van der Waals surface area contributed by atoms with Crippen molar-refractivity contribution in [2.75, 3.05) is 0 Å². The van der Waals surface area contributed by atoms with Crippen LogP contribution < -0.4 is 0 Å². The van der Waals surface area contributed by atoms with Crippen LogP contribution in [0.5, 0.6) is 0 Å². The topological polar surface area (TPSA) is 63.4 Å². The van der Waals surface area contributed by atoms with Crippen LogP contribution in [0.3, 0.4) is 0 Å². The molecule has 0 spiro atoms. The van der Waals surface area contributed by atoms with Crippen LogP contribution in [-0.4, -0.2) is 33.3 Å². The van der Waals surface area contributed by atoms with Crippen molar-refractivity contribution in [2.24, 2.45) is 0 Å². The Kier molecular flexibility index (Phi) is 24.7. The van der Waals surface area contributed by atoms with Crippen molar-refractivity contribution < 1.29 is 43.0 Å². The van der Waals surface area contributed by atoms with E-state index in [0.29, 0.717) is 0 Å². The van der Waals surface area contributed by atoms with Gasteiger partial charge >= 0.3 is 23.1 Å². The molecular formula is H3MgNO3Y. The molecule has 1 N–H and O–H groups in total. The summed E-state index contributed by atoms with van der Waals surface area (Å²) >= 11 is 0. The Hall–Kier alpha value is 1.07. The Morgan fingerprint density at radius 3 is 1.67 bits per heavy atom. The second kappa shape index (κ2) is 9.42. The minimum atomic E-state index is -1.50. The molecule has 4 nitrogen and oxygen atoms in total. The molecule has 0 aromatic rings. The van der Waals surface area contributed by atoms with Crippen molar-refractivity contribution in [3.05, 3.63) is 10.1 Å². The van der Waals surface area contributed by atoms with Crippen molar-refractivity contribution >= 4 is 23.1 Å². The third kappa shape index (κ3) is 73.3. The summed E-state index contributed by atoms with van der Waals surface area (Å²) in [6.07, 6.45) is 0.